The molecule has 4 heteroatoms. The highest BCUT2D eigenvalue weighted by Crippen LogP contribution is 2.43. The van der Waals surface area contributed by atoms with E-state index in [0.717, 1.165) is 17.0 Å². The van der Waals surface area contributed by atoms with E-state index in [0.29, 0.717) is 12.0 Å². The first-order chi connectivity index (χ1) is 9.24. The maximum Gasteiger partial charge on any atom is 0.114 e. The average Bonchev–Trinajstić information content (AvgIpc) is 3.03. The highest BCUT2D eigenvalue weighted by atomic mass is 35.5. The number of hydrogen-bond donors (Lipinski definition) is 1. The van der Waals surface area contributed by atoms with Crippen LogP contribution in [-0.2, 0) is 0 Å². The van der Waals surface area contributed by atoms with Crippen LogP contribution in [0.5, 0.6) is 0 Å². The number of halogens is 1. The van der Waals surface area contributed by atoms with Gasteiger partial charge in [-0.25, -0.2) is 4.98 Å². The first-order valence-electron chi connectivity index (χ1n) is 7.17. The summed E-state index contributed by atoms with van der Waals surface area (Å²) >= 11 is 6.09. The van der Waals surface area contributed by atoms with E-state index >= 15 is 0 Å². The third kappa shape index (κ3) is 1.87. The molecule has 2 atom stereocenters. The van der Waals surface area contributed by atoms with Crippen molar-refractivity contribution in [2.75, 3.05) is 0 Å². The van der Waals surface area contributed by atoms with Crippen LogP contribution in [0.2, 0.25) is 5.02 Å². The fourth-order valence-corrected chi connectivity index (χ4v) is 3.54. The molecule has 3 nitrogen and oxygen atoms in total. The minimum absolute atomic E-state index is 0.268. The zero-order chi connectivity index (χ0) is 13.0. The summed E-state index contributed by atoms with van der Waals surface area (Å²) in [5.74, 6) is 1.62. The van der Waals surface area contributed by atoms with E-state index in [4.69, 9.17) is 22.3 Å². The van der Waals surface area contributed by atoms with Gasteiger partial charge in [-0.05, 0) is 43.9 Å². The second kappa shape index (κ2) is 4.22. The monoisotopic (exact) mass is 275 g/mol. The molecule has 2 aliphatic rings. The minimum Gasteiger partial charge on any atom is -0.327 e. The van der Waals surface area contributed by atoms with E-state index in [-0.39, 0.29) is 6.04 Å². The normalized spacial score (nSPS) is 27.3. The van der Waals surface area contributed by atoms with Gasteiger partial charge in [-0.3, -0.25) is 0 Å². The molecule has 1 heterocycles. The van der Waals surface area contributed by atoms with E-state index < -0.39 is 0 Å². The van der Waals surface area contributed by atoms with Gasteiger partial charge in [-0.1, -0.05) is 18.0 Å². The molecule has 2 fully saturated rings. The molecule has 1 aromatic heterocycles. The number of hydrogen-bond acceptors (Lipinski definition) is 2. The molecule has 2 saturated carbocycles. The lowest BCUT2D eigenvalue weighted by atomic mass is 10.0. The quantitative estimate of drug-likeness (QED) is 0.910. The van der Waals surface area contributed by atoms with Crippen LogP contribution in [0.4, 0.5) is 0 Å². The zero-order valence-corrected chi connectivity index (χ0v) is 11.6. The summed E-state index contributed by atoms with van der Waals surface area (Å²) in [6.45, 7) is 0. The third-order valence-electron chi connectivity index (χ3n) is 4.49. The molecule has 4 rings (SSSR count). The second-order valence-electron chi connectivity index (χ2n) is 5.91. The van der Waals surface area contributed by atoms with Crippen LogP contribution in [0.25, 0.3) is 11.0 Å². The maximum absolute atomic E-state index is 6.27. The van der Waals surface area contributed by atoms with E-state index in [1.54, 1.807) is 0 Å². The summed E-state index contributed by atoms with van der Waals surface area (Å²) in [5, 5.41) is 0.759. The van der Waals surface area contributed by atoms with Gasteiger partial charge in [0, 0.05) is 23.0 Å². The largest absolute Gasteiger partial charge is 0.327 e. The Morgan fingerprint density at radius 3 is 2.74 bits per heavy atom. The first kappa shape index (κ1) is 11.7. The lowest BCUT2D eigenvalue weighted by Gasteiger charge is -2.17. The van der Waals surface area contributed by atoms with E-state index in [2.05, 4.69) is 10.6 Å². The van der Waals surface area contributed by atoms with Crippen molar-refractivity contribution in [3.05, 3.63) is 29.0 Å². The summed E-state index contributed by atoms with van der Waals surface area (Å²) < 4.78 is 2.43. The molecule has 2 N–H and O–H groups in total. The first-order valence-corrected chi connectivity index (χ1v) is 7.55. The fourth-order valence-electron chi connectivity index (χ4n) is 3.38. The molecule has 2 unspecified atom stereocenters. The number of imidazole rings is 1. The maximum atomic E-state index is 6.27. The van der Waals surface area contributed by atoms with Gasteiger partial charge in [0.15, 0.2) is 0 Å². The average molecular weight is 276 g/mol. The molecule has 0 amide bonds. The van der Waals surface area contributed by atoms with Crippen molar-refractivity contribution in [2.45, 2.75) is 50.1 Å². The van der Waals surface area contributed by atoms with Gasteiger partial charge in [0.2, 0.25) is 0 Å². The van der Waals surface area contributed by atoms with Crippen molar-refractivity contribution >= 4 is 22.6 Å². The summed E-state index contributed by atoms with van der Waals surface area (Å²) in [6.07, 6.45) is 6.05. The van der Waals surface area contributed by atoms with Crippen LogP contribution in [-0.4, -0.2) is 15.6 Å². The molecular weight excluding hydrogens is 258 g/mol. The molecule has 2 aromatic rings. The number of aromatic nitrogens is 2. The standard InChI is InChI=1S/C15H18ClN3/c16-9-4-7-14-13(8-9)18-15(19(14)10-5-6-10)11-2-1-3-12(11)17/h4,7-8,10-12H,1-3,5-6,17H2. The van der Waals surface area contributed by atoms with Gasteiger partial charge in [0.05, 0.1) is 11.0 Å². The summed E-state index contributed by atoms with van der Waals surface area (Å²) in [7, 11) is 0. The van der Waals surface area contributed by atoms with Crippen molar-refractivity contribution in [3.63, 3.8) is 0 Å². The van der Waals surface area contributed by atoms with Crippen molar-refractivity contribution < 1.29 is 0 Å². The molecule has 0 bridgehead atoms. The smallest absolute Gasteiger partial charge is 0.114 e. The van der Waals surface area contributed by atoms with Gasteiger partial charge < -0.3 is 10.3 Å². The zero-order valence-electron chi connectivity index (χ0n) is 10.8. The van der Waals surface area contributed by atoms with Gasteiger partial charge in [-0.2, -0.15) is 0 Å². The van der Waals surface area contributed by atoms with Crippen molar-refractivity contribution in [3.8, 4) is 0 Å². The lowest BCUT2D eigenvalue weighted by molar-refractivity contribution is 0.546. The van der Waals surface area contributed by atoms with Crippen LogP contribution in [0.3, 0.4) is 0 Å². The predicted molar refractivity (Wildman–Crippen MR) is 77.6 cm³/mol. The summed E-state index contributed by atoms with van der Waals surface area (Å²) in [5.41, 5.74) is 8.52. The van der Waals surface area contributed by atoms with E-state index in [1.807, 2.05) is 12.1 Å². The van der Waals surface area contributed by atoms with Gasteiger partial charge in [-0.15, -0.1) is 0 Å². The van der Waals surface area contributed by atoms with Gasteiger partial charge in [0.1, 0.15) is 5.82 Å². The number of fused-ring (bicyclic) bond motifs is 1. The van der Waals surface area contributed by atoms with Gasteiger partial charge in [0.25, 0.3) is 0 Å². The Labute approximate surface area is 117 Å². The summed E-state index contributed by atoms with van der Waals surface area (Å²) in [4.78, 5) is 4.87. The fraction of sp³-hybridized carbons (Fsp3) is 0.533. The highest BCUT2D eigenvalue weighted by Gasteiger charge is 2.35. The Balaban J connectivity index is 1.91. The molecule has 0 radical (unpaired) electrons. The molecular formula is C15H18ClN3. The molecule has 0 saturated heterocycles. The SMILES string of the molecule is NC1CCCC1c1nc2cc(Cl)ccc2n1C1CC1. The Bertz CT molecular complexity index is 630. The van der Waals surface area contributed by atoms with Gasteiger partial charge >= 0.3 is 0 Å². The predicted octanol–water partition coefficient (Wildman–Crippen LogP) is 3.62. The molecule has 0 spiro atoms. The lowest BCUT2D eigenvalue weighted by Crippen LogP contribution is -2.25. The van der Waals surface area contributed by atoms with E-state index in [9.17, 15) is 0 Å². The number of rotatable bonds is 2. The topological polar surface area (TPSA) is 43.8 Å². The molecule has 100 valence electrons. The van der Waals surface area contributed by atoms with Crippen LogP contribution >= 0.6 is 11.6 Å². The number of nitrogens with zero attached hydrogens (tertiary/aromatic N) is 2. The Morgan fingerprint density at radius 2 is 2.05 bits per heavy atom. The van der Waals surface area contributed by atoms with Crippen molar-refractivity contribution in [1.82, 2.24) is 9.55 Å². The molecule has 0 aliphatic heterocycles. The molecule has 2 aliphatic carbocycles. The second-order valence-corrected chi connectivity index (χ2v) is 6.34. The van der Waals surface area contributed by atoms with E-state index in [1.165, 1.54) is 37.0 Å². The van der Waals surface area contributed by atoms with Crippen molar-refractivity contribution in [1.29, 1.82) is 0 Å². The van der Waals surface area contributed by atoms with Crippen LogP contribution < -0.4 is 5.73 Å². The number of benzene rings is 1. The Hall–Kier alpha value is -1.06. The molecule has 19 heavy (non-hydrogen) atoms. The van der Waals surface area contributed by atoms with Crippen LogP contribution in [0.1, 0.15) is 49.9 Å². The van der Waals surface area contributed by atoms with Crippen LogP contribution in [0.15, 0.2) is 18.2 Å². The Kier molecular flexibility index (Phi) is 2.61. The molecule has 1 aromatic carbocycles. The highest BCUT2D eigenvalue weighted by molar-refractivity contribution is 6.31. The number of nitrogens with two attached hydrogens (primary N) is 1. The van der Waals surface area contributed by atoms with Crippen molar-refractivity contribution in [2.24, 2.45) is 5.73 Å². The minimum atomic E-state index is 0.268. The van der Waals surface area contributed by atoms with Crippen LogP contribution in [0, 0.1) is 0 Å². The Morgan fingerprint density at radius 1 is 1.21 bits per heavy atom. The summed E-state index contributed by atoms with van der Waals surface area (Å²) in [6, 6.07) is 6.94. The third-order valence-corrected chi connectivity index (χ3v) is 4.73.